The smallest absolute Gasteiger partial charge is 0.328 e. The number of barbiturate groups is 1. The van der Waals surface area contributed by atoms with Crippen LogP contribution in [0.2, 0.25) is 0 Å². The Kier molecular flexibility index (Phi) is 7.56. The van der Waals surface area contributed by atoms with Crippen LogP contribution >= 0.6 is 12.2 Å². The van der Waals surface area contributed by atoms with E-state index in [9.17, 15) is 19.6 Å². The predicted molar refractivity (Wildman–Crippen MR) is 137 cm³/mol. The number of hydrogen-bond donors (Lipinski definition) is 3. The lowest BCUT2D eigenvalue weighted by molar-refractivity contribution is -0.123. The fraction of sp³-hybridized carbons (Fsp3) is 0.280. The van der Waals surface area contributed by atoms with Crippen LogP contribution in [0.5, 0.6) is 0 Å². The van der Waals surface area contributed by atoms with Gasteiger partial charge >= 0.3 is 6.03 Å². The van der Waals surface area contributed by atoms with Crippen LogP contribution in [0.25, 0.3) is 6.08 Å². The number of nitriles is 1. The van der Waals surface area contributed by atoms with Gasteiger partial charge < -0.3 is 15.1 Å². The highest BCUT2D eigenvalue weighted by atomic mass is 32.1. The van der Waals surface area contributed by atoms with Gasteiger partial charge in [-0.15, -0.1) is 0 Å². The molecule has 3 heterocycles. The van der Waals surface area contributed by atoms with Crippen molar-refractivity contribution in [2.24, 2.45) is 0 Å². The molecule has 2 fully saturated rings. The number of rotatable bonds is 5. The highest BCUT2D eigenvalue weighted by Gasteiger charge is 2.29. The van der Waals surface area contributed by atoms with E-state index >= 15 is 0 Å². The summed E-state index contributed by atoms with van der Waals surface area (Å²) in [6.45, 7) is 2.11. The van der Waals surface area contributed by atoms with Gasteiger partial charge in [0.1, 0.15) is 17.5 Å². The first-order chi connectivity index (χ1) is 17.4. The average molecular weight is 504 g/mol. The molecule has 10 nitrogen and oxygen atoms in total. The third-order valence-electron chi connectivity index (χ3n) is 6.17. The minimum Gasteiger partial charge on any atom is -0.366 e. The van der Waals surface area contributed by atoms with Gasteiger partial charge in [0.25, 0.3) is 11.8 Å². The lowest BCUT2D eigenvalue weighted by Crippen LogP contribution is -2.51. The fourth-order valence-electron chi connectivity index (χ4n) is 4.32. The SMILES string of the molecule is CNC(=S)N(Cc1ccc(C=C2C(=O)NC(=O)NC2=O)cc1)C1CCN(c2ncccc2C#N)CC1. The molecule has 2 aromatic rings. The number of piperidine rings is 1. The average Bonchev–Trinajstić information content (AvgIpc) is 2.89. The second kappa shape index (κ2) is 11.0. The molecule has 0 atom stereocenters. The number of anilines is 1. The number of nitrogens with one attached hydrogen (secondary N) is 3. The minimum atomic E-state index is -0.825. The van der Waals surface area contributed by atoms with Gasteiger partial charge in [-0.2, -0.15) is 5.26 Å². The van der Waals surface area contributed by atoms with Crippen LogP contribution in [0.4, 0.5) is 10.6 Å². The molecule has 4 amide bonds. The lowest BCUT2D eigenvalue weighted by atomic mass is 10.0. The van der Waals surface area contributed by atoms with Crippen LogP contribution in [0.1, 0.15) is 29.5 Å². The molecule has 184 valence electrons. The molecule has 2 aliphatic rings. The van der Waals surface area contributed by atoms with Gasteiger partial charge in [0.05, 0.1) is 5.56 Å². The maximum absolute atomic E-state index is 12.0. The number of benzene rings is 1. The summed E-state index contributed by atoms with van der Waals surface area (Å²) in [7, 11) is 1.80. The first-order valence-corrected chi connectivity index (χ1v) is 11.9. The number of aromatic nitrogens is 1. The molecule has 2 aliphatic heterocycles. The summed E-state index contributed by atoms with van der Waals surface area (Å²) >= 11 is 5.61. The molecule has 36 heavy (non-hydrogen) atoms. The van der Waals surface area contributed by atoms with E-state index in [0.717, 1.165) is 37.3 Å². The number of imide groups is 2. The molecule has 4 rings (SSSR count). The second-order valence-corrected chi connectivity index (χ2v) is 8.81. The maximum atomic E-state index is 12.0. The van der Waals surface area contributed by atoms with Gasteiger partial charge in [0.15, 0.2) is 5.11 Å². The summed E-state index contributed by atoms with van der Waals surface area (Å²) in [6, 6.07) is 12.6. The normalized spacial score (nSPS) is 16.1. The quantitative estimate of drug-likeness (QED) is 0.317. The van der Waals surface area contributed by atoms with E-state index in [4.69, 9.17) is 12.2 Å². The first-order valence-electron chi connectivity index (χ1n) is 11.5. The van der Waals surface area contributed by atoms with Crippen LogP contribution < -0.4 is 20.9 Å². The fourth-order valence-corrected chi connectivity index (χ4v) is 4.54. The third kappa shape index (κ3) is 5.50. The first kappa shape index (κ1) is 24.8. The Hall–Kier alpha value is -4.30. The van der Waals surface area contributed by atoms with E-state index < -0.39 is 17.8 Å². The van der Waals surface area contributed by atoms with Crippen molar-refractivity contribution in [2.45, 2.75) is 25.4 Å². The Morgan fingerprint density at radius 3 is 2.47 bits per heavy atom. The molecule has 0 radical (unpaired) electrons. The van der Waals surface area contributed by atoms with Gasteiger partial charge in [0, 0.05) is 38.9 Å². The molecule has 2 saturated heterocycles. The van der Waals surface area contributed by atoms with Crippen LogP contribution in [-0.2, 0) is 16.1 Å². The van der Waals surface area contributed by atoms with Gasteiger partial charge in [0.2, 0.25) is 0 Å². The topological polar surface area (TPSA) is 130 Å². The molecule has 1 aromatic carbocycles. The lowest BCUT2D eigenvalue weighted by Gasteiger charge is -2.40. The zero-order valence-corrected chi connectivity index (χ0v) is 20.5. The zero-order chi connectivity index (χ0) is 25.7. The van der Waals surface area contributed by atoms with E-state index in [1.165, 1.54) is 6.08 Å². The molecule has 3 N–H and O–H groups in total. The van der Waals surface area contributed by atoms with Crippen molar-refractivity contribution >= 4 is 47.1 Å². The van der Waals surface area contributed by atoms with Crippen LogP contribution in [0.15, 0.2) is 48.2 Å². The number of carbonyl (C=O) groups excluding carboxylic acids is 3. The summed E-state index contributed by atoms with van der Waals surface area (Å²) in [5.74, 6) is -0.731. The highest BCUT2D eigenvalue weighted by Crippen LogP contribution is 2.25. The summed E-state index contributed by atoms with van der Waals surface area (Å²) in [5, 5.41) is 17.3. The highest BCUT2D eigenvalue weighted by molar-refractivity contribution is 7.80. The Bertz CT molecular complexity index is 1240. The van der Waals surface area contributed by atoms with Crippen molar-refractivity contribution in [1.82, 2.24) is 25.8 Å². The van der Waals surface area contributed by atoms with Gasteiger partial charge in [-0.05, 0) is 54.4 Å². The Morgan fingerprint density at radius 1 is 1.19 bits per heavy atom. The molecule has 0 aliphatic carbocycles. The summed E-state index contributed by atoms with van der Waals surface area (Å²) in [5.41, 5.74) is 2.12. The number of carbonyl (C=O) groups is 3. The maximum Gasteiger partial charge on any atom is 0.328 e. The summed E-state index contributed by atoms with van der Waals surface area (Å²) in [6.07, 6.45) is 4.86. The van der Waals surface area contributed by atoms with Gasteiger partial charge in [-0.1, -0.05) is 24.3 Å². The molecule has 11 heteroatoms. The van der Waals surface area contributed by atoms with Crippen LogP contribution in [0, 0.1) is 11.3 Å². The molecular formula is C25H25N7O3S. The van der Waals surface area contributed by atoms with Crippen molar-refractivity contribution in [3.8, 4) is 6.07 Å². The molecule has 0 spiro atoms. The van der Waals surface area contributed by atoms with E-state index in [1.54, 1.807) is 25.4 Å². The van der Waals surface area contributed by atoms with E-state index in [0.29, 0.717) is 22.8 Å². The van der Waals surface area contributed by atoms with Crippen molar-refractivity contribution < 1.29 is 14.4 Å². The van der Waals surface area contributed by atoms with E-state index in [2.05, 4.69) is 36.8 Å². The predicted octanol–water partition coefficient (Wildman–Crippen LogP) is 1.68. The zero-order valence-electron chi connectivity index (χ0n) is 19.7. The standard InChI is InChI=1S/C25H25N7O3S/c1-27-25(36)32(19-8-11-31(12-9-19)21-18(14-26)3-2-10-28-21)15-17-6-4-16(5-7-17)13-20-22(33)29-24(35)30-23(20)34/h2-7,10,13,19H,8-9,11-12,15H2,1H3,(H,27,36)(H2,29,30,33,34,35). The third-order valence-corrected chi connectivity index (χ3v) is 6.61. The number of nitrogens with zero attached hydrogens (tertiary/aromatic N) is 4. The largest absolute Gasteiger partial charge is 0.366 e. The Labute approximate surface area is 214 Å². The van der Waals surface area contributed by atoms with E-state index in [-0.39, 0.29) is 11.6 Å². The molecule has 1 aromatic heterocycles. The monoisotopic (exact) mass is 503 g/mol. The van der Waals surface area contributed by atoms with Crippen molar-refractivity contribution in [3.05, 3.63) is 64.9 Å². The van der Waals surface area contributed by atoms with Crippen LogP contribution in [0.3, 0.4) is 0 Å². The number of pyridine rings is 1. The second-order valence-electron chi connectivity index (χ2n) is 8.42. The molecular weight excluding hydrogens is 478 g/mol. The number of urea groups is 1. The molecule has 0 bridgehead atoms. The Balaban J connectivity index is 1.44. The van der Waals surface area contributed by atoms with E-state index in [1.807, 2.05) is 24.3 Å². The summed E-state index contributed by atoms with van der Waals surface area (Å²) in [4.78, 5) is 43.8. The number of hydrogen-bond acceptors (Lipinski definition) is 7. The molecule has 0 saturated carbocycles. The van der Waals surface area contributed by atoms with Crippen molar-refractivity contribution in [1.29, 1.82) is 5.26 Å². The van der Waals surface area contributed by atoms with Crippen molar-refractivity contribution in [3.63, 3.8) is 0 Å². The summed E-state index contributed by atoms with van der Waals surface area (Å²) < 4.78 is 0. The molecule has 0 unspecified atom stereocenters. The Morgan fingerprint density at radius 2 is 1.86 bits per heavy atom. The van der Waals surface area contributed by atoms with Crippen molar-refractivity contribution in [2.75, 3.05) is 25.0 Å². The number of thiocarbonyl (C=S) groups is 1. The van der Waals surface area contributed by atoms with Crippen LogP contribution in [-0.4, -0.2) is 59.0 Å². The van der Waals surface area contributed by atoms with Gasteiger partial charge in [-0.3, -0.25) is 20.2 Å². The minimum absolute atomic E-state index is 0.125. The van der Waals surface area contributed by atoms with Gasteiger partial charge in [-0.25, -0.2) is 9.78 Å². The number of amides is 4.